The summed E-state index contributed by atoms with van der Waals surface area (Å²) in [4.78, 5) is 0. The largest absolute Gasteiger partial charge is 0.393 e. The fourth-order valence-electron chi connectivity index (χ4n) is 3.18. The van der Waals surface area contributed by atoms with Crippen LogP contribution in [0.1, 0.15) is 33.1 Å². The summed E-state index contributed by atoms with van der Waals surface area (Å²) in [7, 11) is 2.10. The molecular formula is C17H36NO6+. The molecule has 0 radical (unpaired) electrons. The number of morpholine rings is 1. The summed E-state index contributed by atoms with van der Waals surface area (Å²) in [5.41, 5.74) is 0. The second-order valence-corrected chi connectivity index (χ2v) is 7.53. The Balaban J connectivity index is 2.41. The van der Waals surface area contributed by atoms with E-state index >= 15 is 0 Å². The number of nitrogens with zero attached hydrogens (tertiary/aromatic N) is 1. The number of quaternary nitrogens is 1. The lowest BCUT2D eigenvalue weighted by molar-refractivity contribution is -0.919. The second-order valence-electron chi connectivity index (χ2n) is 7.53. The Labute approximate surface area is 145 Å². The molecule has 0 aromatic rings. The van der Waals surface area contributed by atoms with Gasteiger partial charge in [0, 0.05) is 0 Å². The molecule has 1 fully saturated rings. The molecule has 1 rings (SSSR count). The maximum atomic E-state index is 10.3. The third-order valence-corrected chi connectivity index (χ3v) is 4.48. The smallest absolute Gasteiger partial charge is 0.126 e. The van der Waals surface area contributed by atoms with E-state index in [-0.39, 0.29) is 19.1 Å². The Kier molecular flexibility index (Phi) is 9.66. The summed E-state index contributed by atoms with van der Waals surface area (Å²) in [5.74, 6) is 0. The van der Waals surface area contributed by atoms with Crippen molar-refractivity contribution in [1.82, 2.24) is 0 Å². The molecule has 0 saturated carbocycles. The quantitative estimate of drug-likeness (QED) is 0.375. The van der Waals surface area contributed by atoms with E-state index in [2.05, 4.69) is 7.05 Å². The molecule has 1 aliphatic heterocycles. The fourth-order valence-corrected chi connectivity index (χ4v) is 3.18. The van der Waals surface area contributed by atoms with Gasteiger partial charge in [0.25, 0.3) is 0 Å². The van der Waals surface area contributed by atoms with Crippen molar-refractivity contribution in [3.63, 3.8) is 0 Å². The normalized spacial score (nSPS) is 24.1. The lowest BCUT2D eigenvalue weighted by atomic mass is 10.0. The minimum Gasteiger partial charge on any atom is -0.393 e. The summed E-state index contributed by atoms with van der Waals surface area (Å²) in [6, 6.07) is 0. The molecule has 1 aliphatic rings. The molecule has 0 spiro atoms. The summed E-state index contributed by atoms with van der Waals surface area (Å²) in [6.45, 7) is 7.25. The minimum atomic E-state index is -0.685. The van der Waals surface area contributed by atoms with Crippen LogP contribution >= 0.6 is 0 Å². The van der Waals surface area contributed by atoms with Crippen LogP contribution in [0.4, 0.5) is 0 Å². The SMILES string of the molecule is CC(O)CC(O)CC(CC(C)O)OCC(O)C[N+]1(C)CCOCC1. The Morgan fingerprint density at radius 2 is 1.50 bits per heavy atom. The van der Waals surface area contributed by atoms with E-state index in [4.69, 9.17) is 9.47 Å². The molecule has 7 nitrogen and oxygen atoms in total. The molecule has 0 aromatic heterocycles. The molecule has 0 aromatic carbocycles. The van der Waals surface area contributed by atoms with Gasteiger partial charge in [-0.25, -0.2) is 0 Å². The van der Waals surface area contributed by atoms with Crippen molar-refractivity contribution in [2.45, 2.75) is 63.6 Å². The van der Waals surface area contributed by atoms with Crippen molar-refractivity contribution in [2.24, 2.45) is 0 Å². The zero-order valence-corrected chi connectivity index (χ0v) is 15.3. The van der Waals surface area contributed by atoms with Crippen LogP contribution < -0.4 is 0 Å². The van der Waals surface area contributed by atoms with Gasteiger partial charge in [-0.2, -0.15) is 0 Å². The Bertz CT molecular complexity index is 333. The van der Waals surface area contributed by atoms with Crippen molar-refractivity contribution in [2.75, 3.05) is 46.5 Å². The van der Waals surface area contributed by atoms with Gasteiger partial charge < -0.3 is 34.4 Å². The lowest BCUT2D eigenvalue weighted by Gasteiger charge is -2.39. The molecule has 0 bridgehead atoms. The molecule has 4 N–H and O–H groups in total. The van der Waals surface area contributed by atoms with Gasteiger partial charge in [0.1, 0.15) is 25.7 Å². The standard InChI is InChI=1S/C17H36NO6/c1-13(19)8-15(21)10-17(9-14(2)20)24-12-16(22)11-18(3)4-6-23-7-5-18/h13-17,19-22H,4-12H2,1-3H3/q+1. The Hall–Kier alpha value is -0.280. The number of aliphatic hydroxyl groups is 4. The van der Waals surface area contributed by atoms with E-state index in [1.807, 2.05) is 0 Å². The molecule has 5 atom stereocenters. The average Bonchev–Trinajstić information content (AvgIpc) is 2.43. The molecular weight excluding hydrogens is 314 g/mol. The van der Waals surface area contributed by atoms with Gasteiger partial charge in [-0.05, 0) is 33.1 Å². The van der Waals surface area contributed by atoms with Gasteiger partial charge in [-0.15, -0.1) is 0 Å². The highest BCUT2D eigenvalue weighted by atomic mass is 16.5. The van der Waals surface area contributed by atoms with Crippen molar-refractivity contribution >= 4 is 0 Å². The van der Waals surface area contributed by atoms with Crippen LogP contribution in [0.25, 0.3) is 0 Å². The van der Waals surface area contributed by atoms with Gasteiger partial charge in [-0.1, -0.05) is 0 Å². The zero-order valence-electron chi connectivity index (χ0n) is 15.3. The Morgan fingerprint density at radius 1 is 0.917 bits per heavy atom. The van der Waals surface area contributed by atoms with Crippen molar-refractivity contribution in [1.29, 1.82) is 0 Å². The summed E-state index contributed by atoms with van der Waals surface area (Å²) >= 11 is 0. The van der Waals surface area contributed by atoms with Gasteiger partial charge in [-0.3, -0.25) is 0 Å². The molecule has 1 saturated heterocycles. The van der Waals surface area contributed by atoms with Gasteiger partial charge >= 0.3 is 0 Å². The predicted octanol–water partition coefficient (Wildman–Crippen LogP) is -0.498. The van der Waals surface area contributed by atoms with Crippen LogP contribution in [0.3, 0.4) is 0 Å². The van der Waals surface area contributed by atoms with Crippen LogP contribution in [0.5, 0.6) is 0 Å². The van der Waals surface area contributed by atoms with Crippen molar-refractivity contribution < 1.29 is 34.4 Å². The van der Waals surface area contributed by atoms with Crippen LogP contribution in [-0.2, 0) is 9.47 Å². The highest BCUT2D eigenvalue weighted by Gasteiger charge is 2.29. The average molecular weight is 350 g/mol. The number of ether oxygens (including phenoxy) is 2. The number of rotatable bonds is 11. The topological polar surface area (TPSA) is 99.4 Å². The van der Waals surface area contributed by atoms with Crippen molar-refractivity contribution in [3.8, 4) is 0 Å². The Morgan fingerprint density at radius 3 is 2.04 bits per heavy atom. The first-order valence-electron chi connectivity index (χ1n) is 8.95. The summed E-state index contributed by atoms with van der Waals surface area (Å²) in [6.07, 6.45) is -1.75. The first-order chi connectivity index (χ1) is 11.2. The van der Waals surface area contributed by atoms with E-state index in [0.717, 1.165) is 17.6 Å². The van der Waals surface area contributed by atoms with E-state index < -0.39 is 24.4 Å². The monoisotopic (exact) mass is 350 g/mol. The molecule has 24 heavy (non-hydrogen) atoms. The van der Waals surface area contributed by atoms with Crippen LogP contribution in [0.15, 0.2) is 0 Å². The number of likely N-dealkylation sites (N-methyl/N-ethyl adjacent to an activating group) is 1. The van der Waals surface area contributed by atoms with E-state index in [9.17, 15) is 20.4 Å². The van der Waals surface area contributed by atoms with Crippen LogP contribution in [0, 0.1) is 0 Å². The lowest BCUT2D eigenvalue weighted by Crippen LogP contribution is -2.55. The van der Waals surface area contributed by atoms with Crippen LogP contribution in [0.2, 0.25) is 0 Å². The molecule has 5 unspecified atom stereocenters. The van der Waals surface area contributed by atoms with Gasteiger partial charge in [0.05, 0.1) is 51.3 Å². The third-order valence-electron chi connectivity index (χ3n) is 4.48. The van der Waals surface area contributed by atoms with Gasteiger partial charge in [0.2, 0.25) is 0 Å². The van der Waals surface area contributed by atoms with Crippen LogP contribution in [-0.4, -0.2) is 102 Å². The summed E-state index contributed by atoms with van der Waals surface area (Å²) in [5, 5.41) is 39.2. The van der Waals surface area contributed by atoms with Crippen molar-refractivity contribution in [3.05, 3.63) is 0 Å². The minimum absolute atomic E-state index is 0.174. The highest BCUT2D eigenvalue weighted by Crippen LogP contribution is 2.15. The molecule has 1 heterocycles. The third kappa shape index (κ3) is 9.27. The fraction of sp³-hybridized carbons (Fsp3) is 1.00. The first-order valence-corrected chi connectivity index (χ1v) is 8.95. The second kappa shape index (κ2) is 10.7. The molecule has 0 amide bonds. The summed E-state index contributed by atoms with van der Waals surface area (Å²) < 4.78 is 11.9. The van der Waals surface area contributed by atoms with E-state index in [1.165, 1.54) is 0 Å². The van der Waals surface area contributed by atoms with E-state index in [0.29, 0.717) is 32.6 Å². The highest BCUT2D eigenvalue weighted by molar-refractivity contribution is 4.70. The zero-order chi connectivity index (χ0) is 18.2. The number of aliphatic hydroxyl groups excluding tert-OH is 4. The molecule has 7 heteroatoms. The maximum absolute atomic E-state index is 10.3. The molecule has 144 valence electrons. The predicted molar refractivity (Wildman–Crippen MR) is 90.6 cm³/mol. The molecule has 0 aliphatic carbocycles. The maximum Gasteiger partial charge on any atom is 0.126 e. The van der Waals surface area contributed by atoms with Gasteiger partial charge in [0.15, 0.2) is 0 Å². The number of hydrogen-bond donors (Lipinski definition) is 4. The first kappa shape index (κ1) is 21.8. The number of hydrogen-bond acceptors (Lipinski definition) is 6. The van der Waals surface area contributed by atoms with E-state index in [1.54, 1.807) is 13.8 Å².